The number of nitrogens with zero attached hydrogens (tertiary/aromatic N) is 1. The summed E-state index contributed by atoms with van der Waals surface area (Å²) in [5.41, 5.74) is 1.24. The van der Waals surface area contributed by atoms with Gasteiger partial charge in [0.25, 0.3) is 5.91 Å². The third-order valence-electron chi connectivity index (χ3n) is 7.50. The van der Waals surface area contributed by atoms with Crippen LogP contribution in [0.15, 0.2) is 42.5 Å². The molecule has 43 heavy (non-hydrogen) atoms. The first-order valence-electron chi connectivity index (χ1n) is 14.8. The van der Waals surface area contributed by atoms with Crippen molar-refractivity contribution in [3.63, 3.8) is 0 Å². The Morgan fingerprint density at radius 3 is 2.74 bits per heavy atom. The molecule has 0 aromatic heterocycles. The van der Waals surface area contributed by atoms with E-state index in [1.807, 2.05) is 29.2 Å². The highest BCUT2D eigenvalue weighted by atomic mass is 32.2. The van der Waals surface area contributed by atoms with Crippen LogP contribution in [0.3, 0.4) is 0 Å². The number of urea groups is 1. The van der Waals surface area contributed by atoms with Crippen LogP contribution in [0.5, 0.6) is 17.2 Å². The van der Waals surface area contributed by atoms with Gasteiger partial charge in [0.1, 0.15) is 23.9 Å². The molecule has 4 amide bonds. The van der Waals surface area contributed by atoms with E-state index in [1.54, 1.807) is 37.1 Å². The number of nitrogens with one attached hydrogen (secondary N) is 3. The Bertz CT molecular complexity index is 1270. The van der Waals surface area contributed by atoms with E-state index in [2.05, 4.69) is 16.0 Å². The normalized spacial score (nSPS) is 21.2. The molecule has 3 N–H and O–H groups in total. The number of ether oxygens (including phenoxy) is 4. The summed E-state index contributed by atoms with van der Waals surface area (Å²) >= 11 is 1.70. The number of piperidine rings is 1. The summed E-state index contributed by atoms with van der Waals surface area (Å²) in [6.07, 6.45) is 2.74. The minimum Gasteiger partial charge on any atom is -0.491 e. The van der Waals surface area contributed by atoms with Crippen molar-refractivity contribution < 1.29 is 33.3 Å². The van der Waals surface area contributed by atoms with Crippen molar-refractivity contribution in [2.75, 3.05) is 58.0 Å². The largest absolute Gasteiger partial charge is 0.491 e. The van der Waals surface area contributed by atoms with E-state index in [9.17, 15) is 14.4 Å². The molecule has 2 heterocycles. The molecule has 5 rings (SSSR count). The molecule has 232 valence electrons. The average Bonchev–Trinajstić information content (AvgIpc) is 3.83. The topological polar surface area (TPSA) is 127 Å². The molecule has 0 unspecified atom stereocenters. The molecule has 4 bridgehead atoms. The first-order chi connectivity index (χ1) is 21.0. The van der Waals surface area contributed by atoms with Gasteiger partial charge in [-0.2, -0.15) is 11.8 Å². The van der Waals surface area contributed by atoms with E-state index in [0.717, 1.165) is 17.2 Å². The van der Waals surface area contributed by atoms with Crippen molar-refractivity contribution in [3.8, 4) is 17.2 Å². The number of hydrogen-bond acceptors (Lipinski definition) is 8. The monoisotopic (exact) mass is 612 g/mol. The van der Waals surface area contributed by atoms with Gasteiger partial charge < -0.3 is 39.8 Å². The Hall–Kier alpha value is -3.48. The Morgan fingerprint density at radius 1 is 1.05 bits per heavy atom. The van der Waals surface area contributed by atoms with Crippen LogP contribution in [0.25, 0.3) is 0 Å². The molecule has 1 aliphatic carbocycles. The number of methoxy groups -OCH3 is 1. The fourth-order valence-electron chi connectivity index (χ4n) is 4.97. The zero-order chi connectivity index (χ0) is 30.0. The summed E-state index contributed by atoms with van der Waals surface area (Å²) in [7, 11) is 1.59. The highest BCUT2D eigenvalue weighted by Gasteiger charge is 2.33. The number of hydrogen-bond donors (Lipinski definition) is 3. The molecular formula is C31H40N4O7S. The lowest BCUT2D eigenvalue weighted by Gasteiger charge is -2.38. The van der Waals surface area contributed by atoms with Crippen LogP contribution in [-0.4, -0.2) is 92.9 Å². The fourth-order valence-corrected chi connectivity index (χ4v) is 6.11. The van der Waals surface area contributed by atoms with E-state index in [0.29, 0.717) is 61.3 Å². The second-order valence-electron chi connectivity index (χ2n) is 11.0. The zero-order valence-corrected chi connectivity index (χ0v) is 25.3. The quantitative estimate of drug-likeness (QED) is 0.388. The number of likely N-dealkylation sites (tertiary alicyclic amines) is 1. The van der Waals surface area contributed by atoms with Gasteiger partial charge in [0.15, 0.2) is 0 Å². The Kier molecular flexibility index (Phi) is 11.0. The van der Waals surface area contributed by atoms with E-state index in [1.165, 1.54) is 12.8 Å². The van der Waals surface area contributed by atoms with Gasteiger partial charge in [-0.3, -0.25) is 9.59 Å². The van der Waals surface area contributed by atoms with Crippen molar-refractivity contribution in [1.29, 1.82) is 0 Å². The van der Waals surface area contributed by atoms with Gasteiger partial charge in [-0.25, -0.2) is 4.79 Å². The number of carbonyl (C=O) groups excluding carboxylic acids is 3. The van der Waals surface area contributed by atoms with Crippen LogP contribution in [0, 0.1) is 5.92 Å². The molecular weight excluding hydrogens is 572 g/mol. The molecule has 1 saturated heterocycles. The van der Waals surface area contributed by atoms with Gasteiger partial charge in [0.05, 0.1) is 31.1 Å². The summed E-state index contributed by atoms with van der Waals surface area (Å²) in [5, 5.41) is 8.66. The number of thioether (sulfide) groups is 1. The molecule has 2 atom stereocenters. The smallest absolute Gasteiger partial charge is 0.315 e. The number of benzene rings is 2. The second kappa shape index (κ2) is 15.3. The first kappa shape index (κ1) is 31.0. The molecule has 2 aromatic rings. The summed E-state index contributed by atoms with van der Waals surface area (Å²) in [6, 6.07) is 11.9. The van der Waals surface area contributed by atoms with Gasteiger partial charge in [-0.05, 0) is 60.8 Å². The van der Waals surface area contributed by atoms with Crippen LogP contribution in [0.4, 0.5) is 4.79 Å². The summed E-state index contributed by atoms with van der Waals surface area (Å²) in [6.45, 7) is 2.41. The van der Waals surface area contributed by atoms with E-state index >= 15 is 0 Å². The molecule has 2 fully saturated rings. The SMILES string of the molecule is COCCOc1cc2cc(c1)C(=O)NCCNC(=O)N[C@H]1CCN(C(=O)CSCC3CC3)C[C@@H]1OCc1cccc(c1)O2. The van der Waals surface area contributed by atoms with Crippen LogP contribution in [0.2, 0.25) is 0 Å². The molecule has 0 radical (unpaired) electrons. The van der Waals surface area contributed by atoms with Gasteiger partial charge in [-0.15, -0.1) is 0 Å². The van der Waals surface area contributed by atoms with Gasteiger partial charge in [0, 0.05) is 44.9 Å². The molecule has 2 aliphatic heterocycles. The molecule has 3 aliphatic rings. The minimum atomic E-state index is -0.386. The Labute approximate surface area is 256 Å². The van der Waals surface area contributed by atoms with Crippen LogP contribution in [0.1, 0.15) is 35.2 Å². The number of rotatable bonds is 8. The average molecular weight is 613 g/mol. The standard InChI is InChI=1S/C31H40N4O7S/c1-39-11-12-40-25-14-23-15-26(16-25)42-24-4-2-3-22(13-24)18-41-28-17-35(29(36)20-43-19-21-5-6-21)10-7-27(28)34-31(38)33-9-8-32-30(23)37/h2-4,13-16,21,27-28H,5-12,17-20H2,1H3,(H,32,37)(H2,33,34,38)/t27-,28-/m0/s1. The number of carbonyl (C=O) groups is 3. The van der Waals surface area contributed by atoms with Crippen molar-refractivity contribution >= 4 is 29.6 Å². The van der Waals surface area contributed by atoms with E-state index in [-0.39, 0.29) is 49.7 Å². The molecule has 2 aromatic carbocycles. The highest BCUT2D eigenvalue weighted by Crippen LogP contribution is 2.32. The van der Waals surface area contributed by atoms with Crippen molar-refractivity contribution in [1.82, 2.24) is 20.9 Å². The molecule has 0 spiro atoms. The van der Waals surface area contributed by atoms with E-state index in [4.69, 9.17) is 18.9 Å². The maximum Gasteiger partial charge on any atom is 0.315 e. The van der Waals surface area contributed by atoms with Crippen molar-refractivity contribution in [3.05, 3.63) is 53.6 Å². The molecule has 11 nitrogen and oxygen atoms in total. The fraction of sp³-hybridized carbons (Fsp3) is 0.516. The summed E-state index contributed by atoms with van der Waals surface area (Å²) in [4.78, 5) is 40.5. The zero-order valence-electron chi connectivity index (χ0n) is 24.5. The lowest BCUT2D eigenvalue weighted by atomic mass is 10.0. The Morgan fingerprint density at radius 2 is 1.91 bits per heavy atom. The predicted molar refractivity (Wildman–Crippen MR) is 163 cm³/mol. The van der Waals surface area contributed by atoms with Crippen molar-refractivity contribution in [2.24, 2.45) is 5.92 Å². The van der Waals surface area contributed by atoms with Crippen LogP contribution >= 0.6 is 11.8 Å². The predicted octanol–water partition coefficient (Wildman–Crippen LogP) is 3.18. The highest BCUT2D eigenvalue weighted by molar-refractivity contribution is 7.99. The number of fused-ring (bicyclic) bond motifs is 5. The third-order valence-corrected chi connectivity index (χ3v) is 8.66. The minimum absolute atomic E-state index is 0.107. The van der Waals surface area contributed by atoms with Gasteiger partial charge in [0.2, 0.25) is 5.91 Å². The lowest BCUT2D eigenvalue weighted by molar-refractivity contribution is -0.133. The Balaban J connectivity index is 1.31. The first-order valence-corrected chi connectivity index (χ1v) is 16.0. The number of amides is 4. The second-order valence-corrected chi connectivity index (χ2v) is 12.0. The third kappa shape index (κ3) is 9.50. The van der Waals surface area contributed by atoms with Gasteiger partial charge in [-0.1, -0.05) is 12.1 Å². The maximum atomic E-state index is 13.0. The maximum absolute atomic E-state index is 13.0. The summed E-state index contributed by atoms with van der Waals surface area (Å²) < 4.78 is 23.4. The lowest BCUT2D eigenvalue weighted by Crippen LogP contribution is -2.58. The van der Waals surface area contributed by atoms with E-state index < -0.39 is 0 Å². The molecule has 1 saturated carbocycles. The van der Waals surface area contributed by atoms with Gasteiger partial charge >= 0.3 is 6.03 Å². The van der Waals surface area contributed by atoms with Crippen LogP contribution < -0.4 is 25.4 Å². The van der Waals surface area contributed by atoms with Crippen LogP contribution in [-0.2, 0) is 20.9 Å². The summed E-state index contributed by atoms with van der Waals surface area (Å²) in [5.74, 6) is 3.55. The molecule has 12 heteroatoms. The van der Waals surface area contributed by atoms with Crippen molar-refractivity contribution in [2.45, 2.75) is 38.0 Å².